The van der Waals surface area contributed by atoms with Crippen LogP contribution in [-0.4, -0.2) is 18.0 Å². The van der Waals surface area contributed by atoms with Gasteiger partial charge in [-0.05, 0) is 74.8 Å². The van der Waals surface area contributed by atoms with Gasteiger partial charge in [-0.2, -0.15) is 0 Å². The van der Waals surface area contributed by atoms with Gasteiger partial charge in [0, 0.05) is 23.0 Å². The average Bonchev–Trinajstić information content (AvgIpc) is 2.62. The van der Waals surface area contributed by atoms with Gasteiger partial charge in [0.2, 0.25) is 0 Å². The molecule has 2 aliphatic carbocycles. The molecule has 0 saturated carbocycles. The number of hydrogen-bond donors (Lipinski definition) is 1. The van der Waals surface area contributed by atoms with E-state index in [1.165, 1.54) is 37.1 Å². The van der Waals surface area contributed by atoms with Crippen molar-refractivity contribution in [2.24, 2.45) is 5.73 Å². The van der Waals surface area contributed by atoms with Crippen LogP contribution in [0.2, 0.25) is 0 Å². The zero-order valence-corrected chi connectivity index (χ0v) is 12.8. The van der Waals surface area contributed by atoms with Crippen LogP contribution >= 0.6 is 11.6 Å². The van der Waals surface area contributed by atoms with Crippen LogP contribution in [0.15, 0.2) is 45.8 Å². The van der Waals surface area contributed by atoms with E-state index in [1.807, 2.05) is 0 Å². The Hall–Kier alpha value is -0.990. The van der Waals surface area contributed by atoms with E-state index in [1.54, 1.807) is 11.1 Å². The third-order valence-corrected chi connectivity index (χ3v) is 4.77. The number of halogens is 1. The van der Waals surface area contributed by atoms with Crippen LogP contribution in [0.1, 0.15) is 44.9 Å². The first kappa shape index (κ1) is 14.0. The van der Waals surface area contributed by atoms with Crippen molar-refractivity contribution in [1.82, 2.24) is 4.90 Å². The normalized spacial score (nSPS) is 22.5. The molecule has 0 fully saturated rings. The summed E-state index contributed by atoms with van der Waals surface area (Å²) in [6.07, 6.45) is 14.7. The van der Waals surface area contributed by atoms with E-state index in [2.05, 4.69) is 23.1 Å². The molecule has 0 unspecified atom stereocenters. The fraction of sp³-hybridized carbons (Fsp3) is 0.529. The highest BCUT2D eigenvalue weighted by molar-refractivity contribution is 6.29. The molecule has 3 aliphatic rings. The Kier molecular flexibility index (Phi) is 4.32. The maximum absolute atomic E-state index is 6.31. The second-order valence-electron chi connectivity index (χ2n) is 5.80. The number of nitrogens with zero attached hydrogens (tertiary/aromatic N) is 1. The van der Waals surface area contributed by atoms with Gasteiger partial charge in [-0.3, -0.25) is 0 Å². The molecule has 0 aromatic carbocycles. The van der Waals surface area contributed by atoms with Crippen LogP contribution in [0.5, 0.6) is 0 Å². The lowest BCUT2D eigenvalue weighted by Gasteiger charge is -2.31. The lowest BCUT2D eigenvalue weighted by atomic mass is 9.94. The standard InChI is InChI=1S/C17H23ClN2/c18-15-9-8-14-7-6-13-4-1-2-5-16(13)20(11-3-10-19)17(14)12-15/h2,5,12H,1,3-4,6-11,19H2. The molecular weight excluding hydrogens is 268 g/mol. The van der Waals surface area contributed by atoms with E-state index in [0.717, 1.165) is 37.4 Å². The Morgan fingerprint density at radius 2 is 1.80 bits per heavy atom. The van der Waals surface area contributed by atoms with Crippen LogP contribution < -0.4 is 5.73 Å². The second kappa shape index (κ2) is 6.19. The summed E-state index contributed by atoms with van der Waals surface area (Å²) in [6.45, 7) is 1.74. The summed E-state index contributed by atoms with van der Waals surface area (Å²) in [5.41, 5.74) is 11.7. The molecule has 3 heteroatoms. The molecular formula is C17H23ClN2. The van der Waals surface area contributed by atoms with Crippen molar-refractivity contribution in [3.8, 4) is 0 Å². The number of nitrogens with two attached hydrogens (primary N) is 1. The van der Waals surface area contributed by atoms with E-state index >= 15 is 0 Å². The monoisotopic (exact) mass is 290 g/mol. The molecule has 0 spiro atoms. The topological polar surface area (TPSA) is 29.3 Å². The van der Waals surface area contributed by atoms with Crippen LogP contribution in [0.3, 0.4) is 0 Å². The lowest BCUT2D eigenvalue weighted by molar-refractivity contribution is 0.430. The third-order valence-electron chi connectivity index (χ3n) is 4.47. The zero-order valence-electron chi connectivity index (χ0n) is 12.0. The van der Waals surface area contributed by atoms with Crippen molar-refractivity contribution in [2.45, 2.75) is 44.9 Å². The summed E-state index contributed by atoms with van der Waals surface area (Å²) in [7, 11) is 0. The van der Waals surface area contributed by atoms with Crippen molar-refractivity contribution in [2.75, 3.05) is 13.1 Å². The molecule has 20 heavy (non-hydrogen) atoms. The van der Waals surface area contributed by atoms with Crippen molar-refractivity contribution in [3.05, 3.63) is 45.8 Å². The Labute approximate surface area is 126 Å². The van der Waals surface area contributed by atoms with E-state index < -0.39 is 0 Å². The van der Waals surface area contributed by atoms with Crippen LogP contribution in [0.4, 0.5) is 0 Å². The van der Waals surface area contributed by atoms with Gasteiger partial charge in [0.25, 0.3) is 0 Å². The molecule has 1 heterocycles. The molecule has 2 N–H and O–H groups in total. The van der Waals surface area contributed by atoms with Gasteiger partial charge < -0.3 is 10.6 Å². The van der Waals surface area contributed by atoms with E-state index in [4.69, 9.17) is 17.3 Å². The molecule has 1 aliphatic heterocycles. The van der Waals surface area contributed by atoms with E-state index in [0.29, 0.717) is 0 Å². The van der Waals surface area contributed by atoms with Gasteiger partial charge >= 0.3 is 0 Å². The first-order valence-electron chi connectivity index (χ1n) is 7.74. The lowest BCUT2D eigenvalue weighted by Crippen LogP contribution is -2.26. The first-order valence-corrected chi connectivity index (χ1v) is 8.11. The minimum atomic E-state index is 0.739. The number of rotatable bonds is 3. The SMILES string of the molecule is NCCCN1C2=C(CCC=C2)CCC2=C1C=C(Cl)CC2. The third kappa shape index (κ3) is 2.72. The number of hydrogen-bond acceptors (Lipinski definition) is 2. The van der Waals surface area contributed by atoms with Gasteiger partial charge in [-0.25, -0.2) is 0 Å². The zero-order chi connectivity index (χ0) is 13.9. The minimum absolute atomic E-state index is 0.739. The Balaban J connectivity index is 1.99. The van der Waals surface area contributed by atoms with Crippen molar-refractivity contribution < 1.29 is 0 Å². The molecule has 108 valence electrons. The maximum atomic E-state index is 6.31. The van der Waals surface area contributed by atoms with Gasteiger partial charge in [-0.1, -0.05) is 17.7 Å². The summed E-state index contributed by atoms with van der Waals surface area (Å²) in [5, 5.41) is 0.991. The van der Waals surface area contributed by atoms with Gasteiger partial charge in [0.05, 0.1) is 0 Å². The van der Waals surface area contributed by atoms with Gasteiger partial charge in [-0.15, -0.1) is 0 Å². The minimum Gasteiger partial charge on any atom is -0.341 e. The average molecular weight is 291 g/mol. The Bertz CT molecular complexity index is 511. The molecule has 0 bridgehead atoms. The highest BCUT2D eigenvalue weighted by atomic mass is 35.5. The molecule has 0 saturated heterocycles. The molecule has 0 aromatic rings. The molecule has 3 rings (SSSR count). The van der Waals surface area contributed by atoms with Crippen LogP contribution in [0.25, 0.3) is 0 Å². The summed E-state index contributed by atoms with van der Waals surface area (Å²) in [6, 6.07) is 0. The quantitative estimate of drug-likeness (QED) is 0.844. The molecule has 0 aromatic heterocycles. The number of allylic oxidation sites excluding steroid dienone is 6. The van der Waals surface area contributed by atoms with Crippen molar-refractivity contribution in [1.29, 1.82) is 0 Å². The summed E-state index contributed by atoms with van der Waals surface area (Å²) in [4.78, 5) is 2.47. The predicted molar refractivity (Wildman–Crippen MR) is 85.2 cm³/mol. The highest BCUT2D eigenvalue weighted by Gasteiger charge is 2.25. The molecule has 0 atom stereocenters. The fourth-order valence-corrected chi connectivity index (χ4v) is 3.59. The largest absolute Gasteiger partial charge is 0.341 e. The van der Waals surface area contributed by atoms with Crippen molar-refractivity contribution in [3.63, 3.8) is 0 Å². The van der Waals surface area contributed by atoms with Gasteiger partial charge in [0.1, 0.15) is 0 Å². The highest BCUT2D eigenvalue weighted by Crippen LogP contribution is 2.39. The van der Waals surface area contributed by atoms with Crippen LogP contribution in [0, 0.1) is 0 Å². The van der Waals surface area contributed by atoms with Crippen LogP contribution in [-0.2, 0) is 0 Å². The summed E-state index contributed by atoms with van der Waals surface area (Å²) < 4.78 is 0. The Morgan fingerprint density at radius 1 is 1.05 bits per heavy atom. The molecule has 2 nitrogen and oxygen atoms in total. The molecule has 0 amide bonds. The van der Waals surface area contributed by atoms with E-state index in [-0.39, 0.29) is 0 Å². The fourth-order valence-electron chi connectivity index (χ4n) is 3.40. The molecule has 0 radical (unpaired) electrons. The second-order valence-corrected chi connectivity index (χ2v) is 6.29. The first-order chi connectivity index (χ1) is 9.79. The Morgan fingerprint density at radius 3 is 2.60 bits per heavy atom. The smallest absolute Gasteiger partial charge is 0.0414 e. The van der Waals surface area contributed by atoms with Crippen molar-refractivity contribution >= 4 is 11.6 Å². The summed E-state index contributed by atoms with van der Waals surface area (Å²) in [5.74, 6) is 0. The summed E-state index contributed by atoms with van der Waals surface area (Å²) >= 11 is 6.31. The maximum Gasteiger partial charge on any atom is 0.0414 e. The van der Waals surface area contributed by atoms with E-state index in [9.17, 15) is 0 Å². The van der Waals surface area contributed by atoms with Gasteiger partial charge in [0.15, 0.2) is 0 Å². The predicted octanol–water partition coefficient (Wildman–Crippen LogP) is 4.21.